The number of halogens is 2. The quantitative estimate of drug-likeness (QED) is 0.329. The standard InChI is InChI=1S/C25H20Cl2N4O2S/c1-15-6-5-9-17(12-15)24-30-31-25(34-24)29-23(33)21(13-16-7-3-2-4-8-16)28-22(32)19-11-10-18(26)14-20(19)27/h2-12,14,21H,13H2,1H3,(H,28,32)(H,29,31,33)/t21-/m0/s1. The van der Waals surface area contributed by atoms with Gasteiger partial charge in [0.15, 0.2) is 0 Å². The summed E-state index contributed by atoms with van der Waals surface area (Å²) in [6, 6.07) is 21.0. The number of aromatic nitrogens is 2. The van der Waals surface area contributed by atoms with Crippen LogP contribution in [0.15, 0.2) is 72.8 Å². The summed E-state index contributed by atoms with van der Waals surface area (Å²) in [6.45, 7) is 2.00. The van der Waals surface area contributed by atoms with Crippen molar-refractivity contribution in [2.24, 2.45) is 0 Å². The predicted octanol–water partition coefficient (Wildman–Crippen LogP) is 5.80. The Bertz CT molecular complexity index is 1330. The Morgan fingerprint density at radius 1 is 0.971 bits per heavy atom. The molecule has 172 valence electrons. The van der Waals surface area contributed by atoms with E-state index in [0.29, 0.717) is 15.2 Å². The second-order valence-corrected chi connectivity index (χ2v) is 9.43. The third-order valence-corrected chi connectivity index (χ3v) is 6.44. The average molecular weight is 511 g/mol. The van der Waals surface area contributed by atoms with Gasteiger partial charge in [0.05, 0.1) is 10.6 Å². The molecule has 0 saturated carbocycles. The molecule has 34 heavy (non-hydrogen) atoms. The lowest BCUT2D eigenvalue weighted by Gasteiger charge is -2.18. The van der Waals surface area contributed by atoms with Crippen molar-refractivity contribution in [1.29, 1.82) is 0 Å². The van der Waals surface area contributed by atoms with Crippen molar-refractivity contribution in [2.75, 3.05) is 5.32 Å². The van der Waals surface area contributed by atoms with E-state index in [0.717, 1.165) is 16.7 Å². The van der Waals surface area contributed by atoms with Crippen LogP contribution in [0.4, 0.5) is 5.13 Å². The molecule has 0 saturated heterocycles. The van der Waals surface area contributed by atoms with Crippen LogP contribution in [-0.2, 0) is 11.2 Å². The Morgan fingerprint density at radius 3 is 2.50 bits per heavy atom. The summed E-state index contributed by atoms with van der Waals surface area (Å²) < 4.78 is 0. The zero-order chi connectivity index (χ0) is 24.1. The molecule has 6 nitrogen and oxygen atoms in total. The minimum Gasteiger partial charge on any atom is -0.340 e. The van der Waals surface area contributed by atoms with E-state index in [1.807, 2.05) is 61.5 Å². The van der Waals surface area contributed by atoms with Crippen molar-refractivity contribution >= 4 is 51.5 Å². The summed E-state index contributed by atoms with van der Waals surface area (Å²) in [5, 5.41) is 15.5. The summed E-state index contributed by atoms with van der Waals surface area (Å²) in [6.07, 6.45) is 0.285. The highest BCUT2D eigenvalue weighted by molar-refractivity contribution is 7.18. The minimum absolute atomic E-state index is 0.204. The highest BCUT2D eigenvalue weighted by Crippen LogP contribution is 2.27. The number of aryl methyl sites for hydroxylation is 1. The molecule has 1 heterocycles. The summed E-state index contributed by atoms with van der Waals surface area (Å²) in [4.78, 5) is 26.1. The maximum Gasteiger partial charge on any atom is 0.253 e. The maximum atomic E-state index is 13.2. The van der Waals surface area contributed by atoms with E-state index < -0.39 is 17.9 Å². The van der Waals surface area contributed by atoms with Crippen LogP contribution >= 0.6 is 34.5 Å². The Kier molecular flexibility index (Phi) is 7.57. The molecule has 1 aromatic heterocycles. The number of amides is 2. The summed E-state index contributed by atoms with van der Waals surface area (Å²) >= 11 is 13.4. The third-order valence-electron chi connectivity index (χ3n) is 5.00. The molecule has 0 radical (unpaired) electrons. The molecule has 0 fully saturated rings. The number of hydrogen-bond acceptors (Lipinski definition) is 5. The van der Waals surface area contributed by atoms with Gasteiger partial charge in [-0.25, -0.2) is 0 Å². The van der Waals surface area contributed by atoms with Gasteiger partial charge in [-0.3, -0.25) is 14.9 Å². The molecule has 2 amide bonds. The molecule has 0 unspecified atom stereocenters. The first-order valence-electron chi connectivity index (χ1n) is 10.4. The number of hydrogen-bond donors (Lipinski definition) is 2. The minimum atomic E-state index is -0.868. The lowest BCUT2D eigenvalue weighted by Crippen LogP contribution is -2.45. The summed E-state index contributed by atoms with van der Waals surface area (Å²) in [5.41, 5.74) is 3.15. The Morgan fingerprint density at radius 2 is 1.76 bits per heavy atom. The number of nitrogens with one attached hydrogen (secondary N) is 2. The van der Waals surface area contributed by atoms with Crippen molar-refractivity contribution in [3.63, 3.8) is 0 Å². The normalized spacial score (nSPS) is 11.6. The summed E-state index contributed by atoms with van der Waals surface area (Å²) in [7, 11) is 0. The Hall–Kier alpha value is -3.26. The van der Waals surface area contributed by atoms with E-state index in [1.54, 1.807) is 6.07 Å². The molecule has 9 heteroatoms. The van der Waals surface area contributed by atoms with E-state index in [2.05, 4.69) is 20.8 Å². The van der Waals surface area contributed by atoms with Crippen LogP contribution in [-0.4, -0.2) is 28.1 Å². The van der Waals surface area contributed by atoms with Crippen molar-refractivity contribution < 1.29 is 9.59 Å². The van der Waals surface area contributed by atoms with Gasteiger partial charge >= 0.3 is 0 Å². The molecule has 4 rings (SSSR count). The topological polar surface area (TPSA) is 84.0 Å². The third kappa shape index (κ3) is 5.99. The van der Waals surface area contributed by atoms with Crippen LogP contribution in [0.2, 0.25) is 10.0 Å². The van der Waals surface area contributed by atoms with Crippen LogP contribution in [0.5, 0.6) is 0 Å². The summed E-state index contributed by atoms with van der Waals surface area (Å²) in [5.74, 6) is -0.885. The zero-order valence-corrected chi connectivity index (χ0v) is 20.4. The number of nitrogens with zero attached hydrogens (tertiary/aromatic N) is 2. The molecule has 0 aliphatic heterocycles. The largest absolute Gasteiger partial charge is 0.340 e. The maximum absolute atomic E-state index is 13.2. The lowest BCUT2D eigenvalue weighted by atomic mass is 10.0. The van der Waals surface area contributed by atoms with E-state index in [1.165, 1.54) is 23.5 Å². The number of anilines is 1. The molecule has 3 aromatic carbocycles. The number of benzene rings is 3. The number of carbonyl (C=O) groups is 2. The van der Waals surface area contributed by atoms with Gasteiger partial charge in [-0.2, -0.15) is 0 Å². The molecule has 4 aromatic rings. The fourth-order valence-electron chi connectivity index (χ4n) is 3.33. The van der Waals surface area contributed by atoms with Crippen molar-refractivity contribution in [2.45, 2.75) is 19.4 Å². The lowest BCUT2D eigenvalue weighted by molar-refractivity contribution is -0.118. The SMILES string of the molecule is Cc1cccc(-c2nnc(NC(=O)[C@H](Cc3ccccc3)NC(=O)c3ccc(Cl)cc3Cl)s2)c1. The van der Waals surface area contributed by atoms with Crippen LogP contribution < -0.4 is 10.6 Å². The van der Waals surface area contributed by atoms with Gasteiger partial charge in [-0.05, 0) is 36.8 Å². The first-order chi connectivity index (χ1) is 16.4. The zero-order valence-electron chi connectivity index (χ0n) is 18.1. The molecule has 1 atom stereocenters. The van der Waals surface area contributed by atoms with Gasteiger partial charge in [0.2, 0.25) is 11.0 Å². The van der Waals surface area contributed by atoms with Crippen molar-refractivity contribution in [3.8, 4) is 10.6 Å². The van der Waals surface area contributed by atoms with Gasteiger partial charge in [-0.15, -0.1) is 10.2 Å². The molecule has 0 spiro atoms. The highest BCUT2D eigenvalue weighted by atomic mass is 35.5. The smallest absolute Gasteiger partial charge is 0.253 e. The Balaban J connectivity index is 1.53. The first kappa shape index (κ1) is 23.9. The van der Waals surface area contributed by atoms with Gasteiger partial charge < -0.3 is 5.32 Å². The van der Waals surface area contributed by atoms with Gasteiger partial charge in [0.1, 0.15) is 11.0 Å². The van der Waals surface area contributed by atoms with Crippen LogP contribution in [0.1, 0.15) is 21.5 Å². The van der Waals surface area contributed by atoms with Gasteiger partial charge in [-0.1, -0.05) is 88.6 Å². The fraction of sp³-hybridized carbons (Fsp3) is 0.120. The van der Waals surface area contributed by atoms with Crippen molar-refractivity contribution in [3.05, 3.63) is 99.5 Å². The molecule has 2 N–H and O–H groups in total. The molecular formula is C25H20Cl2N4O2S. The second-order valence-electron chi connectivity index (χ2n) is 7.61. The van der Waals surface area contributed by atoms with Gasteiger partial charge in [0.25, 0.3) is 5.91 Å². The molecule has 0 aliphatic rings. The monoisotopic (exact) mass is 510 g/mol. The first-order valence-corrected chi connectivity index (χ1v) is 12.0. The van der Waals surface area contributed by atoms with Crippen LogP contribution in [0.25, 0.3) is 10.6 Å². The molecule has 0 aliphatic carbocycles. The van der Waals surface area contributed by atoms with Crippen LogP contribution in [0, 0.1) is 6.92 Å². The Labute approximate surface area is 211 Å². The van der Waals surface area contributed by atoms with Crippen LogP contribution in [0.3, 0.4) is 0 Å². The van der Waals surface area contributed by atoms with Gasteiger partial charge in [0, 0.05) is 17.0 Å². The molecule has 0 bridgehead atoms. The predicted molar refractivity (Wildman–Crippen MR) is 137 cm³/mol. The molecular weight excluding hydrogens is 491 g/mol. The highest BCUT2D eigenvalue weighted by Gasteiger charge is 2.24. The fourth-order valence-corrected chi connectivity index (χ4v) is 4.57. The van der Waals surface area contributed by atoms with E-state index in [4.69, 9.17) is 23.2 Å². The average Bonchev–Trinajstić information content (AvgIpc) is 3.27. The van der Waals surface area contributed by atoms with E-state index in [-0.39, 0.29) is 17.0 Å². The van der Waals surface area contributed by atoms with E-state index >= 15 is 0 Å². The van der Waals surface area contributed by atoms with Crippen molar-refractivity contribution in [1.82, 2.24) is 15.5 Å². The number of carbonyl (C=O) groups excluding carboxylic acids is 2. The number of rotatable bonds is 7. The second kappa shape index (κ2) is 10.8. The van der Waals surface area contributed by atoms with E-state index in [9.17, 15) is 9.59 Å².